The Morgan fingerprint density at radius 2 is 1.93 bits per heavy atom. The molecule has 0 spiro atoms. The Balaban J connectivity index is 1.23. The first-order chi connectivity index (χ1) is 22.2. The van der Waals surface area contributed by atoms with Crippen LogP contribution in [0.15, 0.2) is 59.5 Å². The summed E-state index contributed by atoms with van der Waals surface area (Å²) in [7, 11) is 3.51. The van der Waals surface area contributed by atoms with E-state index in [1.807, 2.05) is 35.9 Å². The van der Waals surface area contributed by atoms with Crippen LogP contribution in [0.1, 0.15) is 29.6 Å². The number of imidazole rings is 1. The second-order valence-electron chi connectivity index (χ2n) is 12.5. The van der Waals surface area contributed by atoms with Crippen LogP contribution in [0.25, 0.3) is 55.9 Å². The molecule has 0 bridgehead atoms. The molecular formula is C34H33FN8O3. The molecule has 1 amide bonds. The first-order valence-corrected chi connectivity index (χ1v) is 15.5. The van der Waals surface area contributed by atoms with Crippen LogP contribution in [0.2, 0.25) is 0 Å². The van der Waals surface area contributed by atoms with Gasteiger partial charge in [-0.3, -0.25) is 9.59 Å². The number of nitrogens with zero attached hydrogens (tertiary/aromatic N) is 6. The number of pyridine rings is 1. The summed E-state index contributed by atoms with van der Waals surface area (Å²) in [5.74, 6) is 1.50. The summed E-state index contributed by atoms with van der Waals surface area (Å²) in [6.07, 6.45) is 2.71. The number of alkyl halides is 1. The van der Waals surface area contributed by atoms with Gasteiger partial charge in [0.15, 0.2) is 5.82 Å². The average molecular weight is 621 g/mol. The Labute approximate surface area is 262 Å². The van der Waals surface area contributed by atoms with E-state index in [0.29, 0.717) is 40.3 Å². The second kappa shape index (κ2) is 10.8. The minimum atomic E-state index is -1.15. The van der Waals surface area contributed by atoms with Gasteiger partial charge in [0.1, 0.15) is 23.1 Å². The fourth-order valence-corrected chi connectivity index (χ4v) is 6.65. The summed E-state index contributed by atoms with van der Waals surface area (Å²) < 4.78 is 24.3. The van der Waals surface area contributed by atoms with E-state index >= 15 is 0 Å². The van der Waals surface area contributed by atoms with Crippen molar-refractivity contribution in [2.24, 2.45) is 18.7 Å². The van der Waals surface area contributed by atoms with Crippen molar-refractivity contribution in [3.8, 4) is 28.5 Å². The Morgan fingerprint density at radius 1 is 1.09 bits per heavy atom. The number of carbonyl (C=O) groups is 1. The maximum absolute atomic E-state index is 14.3. The number of amides is 1. The molecule has 2 aliphatic rings. The van der Waals surface area contributed by atoms with Gasteiger partial charge in [0, 0.05) is 42.7 Å². The molecule has 4 aromatic heterocycles. The number of nitrogens with two attached hydrogens (primary N) is 1. The Hall–Kier alpha value is -5.10. The van der Waals surface area contributed by atoms with Crippen LogP contribution >= 0.6 is 0 Å². The summed E-state index contributed by atoms with van der Waals surface area (Å²) in [5, 5.41) is 0.986. The van der Waals surface area contributed by atoms with Gasteiger partial charge in [-0.2, -0.15) is 0 Å². The minimum absolute atomic E-state index is 0.0197. The fourth-order valence-electron chi connectivity index (χ4n) is 6.65. The number of fused-ring (bicyclic) bond motifs is 3. The predicted octanol–water partition coefficient (Wildman–Crippen LogP) is 4.42. The number of rotatable bonds is 6. The number of H-pyrrole nitrogens is 1. The van der Waals surface area contributed by atoms with Crippen LogP contribution in [0, 0.1) is 5.92 Å². The summed E-state index contributed by atoms with van der Waals surface area (Å²) in [5.41, 5.74) is 12.4. The van der Waals surface area contributed by atoms with Crippen molar-refractivity contribution in [1.29, 1.82) is 0 Å². The highest BCUT2D eigenvalue weighted by Gasteiger charge is 2.30. The second-order valence-corrected chi connectivity index (χ2v) is 12.5. The van der Waals surface area contributed by atoms with Crippen LogP contribution in [0.3, 0.4) is 0 Å². The van der Waals surface area contributed by atoms with Gasteiger partial charge in [-0.25, -0.2) is 19.3 Å². The minimum Gasteiger partial charge on any atom is -0.494 e. The smallest absolute Gasteiger partial charge is 0.266 e. The maximum atomic E-state index is 14.3. The molecule has 2 fully saturated rings. The van der Waals surface area contributed by atoms with Crippen molar-refractivity contribution in [1.82, 2.24) is 34.0 Å². The normalized spacial score (nSPS) is 18.6. The lowest BCUT2D eigenvalue weighted by molar-refractivity contribution is 0.0606. The topological polar surface area (TPSA) is 137 Å². The number of nitrogens with one attached hydrogen (secondary N) is 1. The highest BCUT2D eigenvalue weighted by molar-refractivity contribution is 6.00. The number of hydrogen-bond acceptors (Lipinski definition) is 7. The third-order valence-corrected chi connectivity index (χ3v) is 9.10. The molecule has 234 valence electrons. The molecule has 46 heavy (non-hydrogen) atoms. The number of aromatic amines is 1. The predicted molar refractivity (Wildman–Crippen MR) is 173 cm³/mol. The van der Waals surface area contributed by atoms with E-state index in [-0.39, 0.29) is 24.4 Å². The monoisotopic (exact) mass is 620 g/mol. The molecule has 2 aromatic carbocycles. The number of piperidine rings is 1. The molecule has 5 heterocycles. The Morgan fingerprint density at radius 3 is 2.72 bits per heavy atom. The number of hydrogen-bond donors (Lipinski definition) is 2. The van der Waals surface area contributed by atoms with E-state index in [1.54, 1.807) is 19.2 Å². The molecule has 1 aliphatic carbocycles. The van der Waals surface area contributed by atoms with Gasteiger partial charge in [0.2, 0.25) is 0 Å². The fraction of sp³-hybridized carbons (Fsp3) is 0.324. The van der Waals surface area contributed by atoms with Crippen LogP contribution in [-0.4, -0.2) is 72.3 Å². The largest absolute Gasteiger partial charge is 0.494 e. The van der Waals surface area contributed by atoms with Crippen molar-refractivity contribution < 1.29 is 13.9 Å². The van der Waals surface area contributed by atoms with Gasteiger partial charge < -0.3 is 29.5 Å². The molecule has 12 heteroatoms. The SMILES string of the molecule is COc1cc(C(=O)N2C[C@H](N)C[C@@H](F)C2)cc2nc(-c3cc4ccc(-c5ccc6[nH]c(=O)cnc6c5)nc4n3CC3CC3)n(C)c12. The lowest BCUT2D eigenvalue weighted by atomic mass is 10.0. The molecule has 2 atom stereocenters. The molecule has 0 radical (unpaired) electrons. The zero-order chi connectivity index (χ0) is 31.7. The van der Waals surface area contributed by atoms with Gasteiger partial charge in [-0.1, -0.05) is 6.07 Å². The van der Waals surface area contributed by atoms with Crippen molar-refractivity contribution in [2.45, 2.75) is 38.0 Å². The van der Waals surface area contributed by atoms with Crippen LogP contribution in [0.4, 0.5) is 4.39 Å². The first-order valence-electron chi connectivity index (χ1n) is 15.5. The number of carbonyl (C=O) groups excluding carboxylic acids is 1. The van der Waals surface area contributed by atoms with Crippen molar-refractivity contribution in [3.05, 3.63) is 70.6 Å². The third kappa shape index (κ3) is 4.89. The molecule has 6 aromatic rings. The summed E-state index contributed by atoms with van der Waals surface area (Å²) >= 11 is 0. The molecule has 3 N–H and O–H groups in total. The number of aromatic nitrogens is 6. The van der Waals surface area contributed by atoms with Gasteiger partial charge >= 0.3 is 0 Å². The Bertz CT molecular complexity index is 2220. The van der Waals surface area contributed by atoms with Gasteiger partial charge in [-0.05, 0) is 67.6 Å². The first kappa shape index (κ1) is 28.4. The van der Waals surface area contributed by atoms with E-state index < -0.39 is 12.2 Å². The molecule has 1 aliphatic heterocycles. The number of methoxy groups -OCH3 is 1. The van der Waals surface area contributed by atoms with Gasteiger partial charge in [0.25, 0.3) is 11.5 Å². The lowest BCUT2D eigenvalue weighted by Gasteiger charge is -2.33. The molecule has 1 saturated heterocycles. The van der Waals surface area contributed by atoms with Gasteiger partial charge in [-0.15, -0.1) is 0 Å². The molecular weight excluding hydrogens is 587 g/mol. The van der Waals surface area contributed by atoms with E-state index in [2.05, 4.69) is 26.7 Å². The summed E-state index contributed by atoms with van der Waals surface area (Å²) in [4.78, 5) is 43.9. The van der Waals surface area contributed by atoms with Crippen LogP contribution in [-0.2, 0) is 13.6 Å². The van der Waals surface area contributed by atoms with Crippen molar-refractivity contribution >= 4 is 39.0 Å². The van der Waals surface area contributed by atoms with Crippen molar-refractivity contribution in [2.75, 3.05) is 20.2 Å². The number of aryl methyl sites for hydroxylation is 1. The number of likely N-dealkylation sites (tertiary alicyclic amines) is 1. The van der Waals surface area contributed by atoms with E-state index in [9.17, 15) is 14.0 Å². The quantitative estimate of drug-likeness (QED) is 0.281. The Kier molecular flexibility index (Phi) is 6.64. The van der Waals surface area contributed by atoms with E-state index in [4.69, 9.17) is 20.4 Å². The molecule has 8 rings (SSSR count). The number of benzene rings is 2. The molecule has 0 unspecified atom stereocenters. The highest BCUT2D eigenvalue weighted by atomic mass is 19.1. The number of halogens is 1. The molecule has 11 nitrogen and oxygen atoms in total. The van der Waals surface area contributed by atoms with Gasteiger partial charge in [0.05, 0.1) is 47.8 Å². The zero-order valence-electron chi connectivity index (χ0n) is 25.5. The van der Waals surface area contributed by atoms with Crippen molar-refractivity contribution in [3.63, 3.8) is 0 Å². The average Bonchev–Trinajstić information content (AvgIpc) is 3.72. The standard InChI is InChI=1S/C34H33FN8O3/c1-41-31-27(10-21(12-29(31)46-2)34(45)42-16-22(35)13-23(36)17-42)40-33(41)28-11-20-6-7-24(39-32(20)43(28)15-18-3-4-18)19-5-8-25-26(9-19)37-14-30(44)38-25/h5-12,14,18,22-23H,3-4,13,15-17,36H2,1-2H3,(H,38,44)/t22-,23-/m1/s1. The van der Waals surface area contributed by atoms with Crippen LogP contribution in [0.5, 0.6) is 5.75 Å². The third-order valence-electron chi connectivity index (χ3n) is 9.10. The highest BCUT2D eigenvalue weighted by Crippen LogP contribution is 2.38. The van der Waals surface area contributed by atoms with Crippen LogP contribution < -0.4 is 16.0 Å². The molecule has 1 saturated carbocycles. The van der Waals surface area contributed by atoms with E-state index in [0.717, 1.165) is 58.7 Å². The lowest BCUT2D eigenvalue weighted by Crippen LogP contribution is -2.50. The summed E-state index contributed by atoms with van der Waals surface area (Å²) in [6, 6.07) is 14.9. The maximum Gasteiger partial charge on any atom is 0.266 e. The number of ether oxygens (including phenoxy) is 1. The summed E-state index contributed by atoms with van der Waals surface area (Å²) in [6.45, 7) is 1.13. The van der Waals surface area contributed by atoms with E-state index in [1.165, 1.54) is 11.1 Å². The zero-order valence-corrected chi connectivity index (χ0v) is 25.5.